The third kappa shape index (κ3) is 10.3. The molecule has 0 bridgehead atoms. The van der Waals surface area contributed by atoms with Gasteiger partial charge in [0, 0.05) is 6.04 Å². The van der Waals surface area contributed by atoms with Crippen LogP contribution in [0.5, 0.6) is 0 Å². The zero-order valence-corrected chi connectivity index (χ0v) is 32.6. The van der Waals surface area contributed by atoms with Crippen molar-refractivity contribution in [2.45, 2.75) is 227 Å². The molecule has 0 aromatic rings. The van der Waals surface area contributed by atoms with E-state index in [1.54, 1.807) is 12.8 Å². The summed E-state index contributed by atoms with van der Waals surface area (Å²) in [4.78, 5) is 0. The first-order valence-electron chi connectivity index (χ1n) is 22.1. The van der Waals surface area contributed by atoms with Crippen LogP contribution in [0.15, 0.2) is 0 Å². The summed E-state index contributed by atoms with van der Waals surface area (Å²) < 4.78 is 0. The van der Waals surface area contributed by atoms with E-state index in [-0.39, 0.29) is 0 Å². The van der Waals surface area contributed by atoms with E-state index in [0.717, 1.165) is 47.5 Å². The largest absolute Gasteiger partial charge is 0.313 e. The van der Waals surface area contributed by atoms with Crippen molar-refractivity contribution in [1.29, 1.82) is 0 Å². The topological polar surface area (TPSA) is 12.0 Å². The lowest BCUT2D eigenvalue weighted by molar-refractivity contribution is -0.127. The molecule has 1 N–H and O–H groups in total. The molecule has 0 saturated heterocycles. The molecule has 0 aromatic carbocycles. The highest BCUT2D eigenvalue weighted by Gasteiger charge is 2.61. The first kappa shape index (κ1) is 38.8. The zero-order valence-electron chi connectivity index (χ0n) is 32.6. The van der Waals surface area contributed by atoms with Crippen molar-refractivity contribution in [1.82, 2.24) is 5.32 Å². The quantitative estimate of drug-likeness (QED) is 0.110. The molecule has 4 aliphatic rings. The molecule has 4 saturated carbocycles. The van der Waals surface area contributed by atoms with E-state index < -0.39 is 0 Å². The summed E-state index contributed by atoms with van der Waals surface area (Å²) in [5.74, 6) is 6.81. The minimum Gasteiger partial charge on any atom is -0.313 e. The second-order valence-electron chi connectivity index (χ2n) is 18.8. The summed E-state index contributed by atoms with van der Waals surface area (Å²) in [5, 5.41) is 4.27. The number of fused-ring (bicyclic) bond motifs is 5. The highest BCUT2D eigenvalue weighted by Crippen LogP contribution is 2.68. The van der Waals surface area contributed by atoms with Crippen LogP contribution in [0.4, 0.5) is 0 Å². The van der Waals surface area contributed by atoms with Gasteiger partial charge in [0.15, 0.2) is 0 Å². The molecule has 9 atom stereocenters. The van der Waals surface area contributed by atoms with Crippen LogP contribution in [0, 0.1) is 52.3 Å². The van der Waals surface area contributed by atoms with Crippen LogP contribution in [-0.4, -0.2) is 12.6 Å². The van der Waals surface area contributed by atoms with Crippen LogP contribution in [0.1, 0.15) is 221 Å². The lowest BCUT2D eigenvalue weighted by Gasteiger charge is -2.63. The van der Waals surface area contributed by atoms with Crippen molar-refractivity contribution in [3.05, 3.63) is 0 Å². The maximum atomic E-state index is 4.27. The normalized spacial score (nSPS) is 34.8. The van der Waals surface area contributed by atoms with Crippen LogP contribution in [-0.2, 0) is 0 Å². The lowest BCUT2D eigenvalue weighted by atomic mass is 9.43. The highest BCUT2D eigenvalue weighted by molar-refractivity contribution is 5.12. The van der Waals surface area contributed by atoms with E-state index in [1.807, 2.05) is 0 Å². The molecular weight excluding hydrogens is 555 g/mol. The summed E-state index contributed by atoms with van der Waals surface area (Å²) in [6.45, 7) is 16.6. The van der Waals surface area contributed by atoms with Crippen molar-refractivity contribution in [2.75, 3.05) is 6.54 Å². The maximum absolute atomic E-state index is 4.27. The minimum absolute atomic E-state index is 0.554. The predicted octanol–water partition coefficient (Wildman–Crippen LogP) is 14.3. The van der Waals surface area contributed by atoms with Gasteiger partial charge in [-0.15, -0.1) is 0 Å². The van der Waals surface area contributed by atoms with E-state index in [0.29, 0.717) is 10.8 Å². The lowest BCUT2D eigenvalue weighted by Crippen LogP contribution is -2.61. The molecule has 270 valence electrons. The van der Waals surface area contributed by atoms with Gasteiger partial charge in [0.25, 0.3) is 0 Å². The first-order chi connectivity index (χ1) is 22.3. The van der Waals surface area contributed by atoms with Gasteiger partial charge >= 0.3 is 0 Å². The number of unbranched alkanes of at least 4 members (excludes halogenated alkanes) is 15. The standard InChI is InChI=1S/C45H85N/c1-7-8-9-10-11-12-13-14-15-16-17-18-19-20-21-22-35-46-43-28-24-27-38-29-30-39-41-32-31-40(37(4)26-23-25-36(2)3)44(41,5)34-33-42(39)45(38,43)6/h36-43,46H,7-35H2,1-6H3/t37-,38?,39+,40-,41+,42+,43?,44-,45+/m1/s1. The van der Waals surface area contributed by atoms with Crippen LogP contribution >= 0.6 is 0 Å². The van der Waals surface area contributed by atoms with Gasteiger partial charge in [0.2, 0.25) is 0 Å². The summed E-state index contributed by atoms with van der Waals surface area (Å²) in [6.07, 6.45) is 41.5. The number of rotatable bonds is 23. The van der Waals surface area contributed by atoms with E-state index in [9.17, 15) is 0 Å². The van der Waals surface area contributed by atoms with E-state index in [1.165, 1.54) is 173 Å². The Morgan fingerprint density at radius 2 is 1.20 bits per heavy atom. The molecule has 1 nitrogen and oxygen atoms in total. The molecule has 0 radical (unpaired) electrons. The Kier molecular flexibility index (Phi) is 16.8. The maximum Gasteiger partial charge on any atom is 0.0126 e. The fourth-order valence-corrected chi connectivity index (χ4v) is 12.6. The van der Waals surface area contributed by atoms with Gasteiger partial charge in [-0.25, -0.2) is 0 Å². The number of hydrogen-bond donors (Lipinski definition) is 1. The van der Waals surface area contributed by atoms with Gasteiger partial charge in [-0.3, -0.25) is 0 Å². The summed E-state index contributed by atoms with van der Waals surface area (Å²) in [7, 11) is 0. The van der Waals surface area contributed by atoms with Gasteiger partial charge in [-0.2, -0.15) is 0 Å². The molecule has 0 heterocycles. The fourth-order valence-electron chi connectivity index (χ4n) is 12.6. The molecule has 0 aliphatic heterocycles. The Morgan fingerprint density at radius 3 is 1.80 bits per heavy atom. The Labute approximate surface area is 290 Å². The smallest absolute Gasteiger partial charge is 0.0126 e. The highest BCUT2D eigenvalue weighted by atomic mass is 14.9. The third-order valence-corrected chi connectivity index (χ3v) is 15.4. The fraction of sp³-hybridized carbons (Fsp3) is 1.00. The molecule has 46 heavy (non-hydrogen) atoms. The molecule has 0 spiro atoms. The van der Waals surface area contributed by atoms with Crippen LogP contribution < -0.4 is 5.32 Å². The van der Waals surface area contributed by atoms with Gasteiger partial charge in [-0.05, 0) is 117 Å². The van der Waals surface area contributed by atoms with Gasteiger partial charge in [0.1, 0.15) is 0 Å². The van der Waals surface area contributed by atoms with Gasteiger partial charge in [-0.1, -0.05) is 164 Å². The minimum atomic E-state index is 0.554. The number of nitrogens with one attached hydrogen (secondary N) is 1. The van der Waals surface area contributed by atoms with Crippen molar-refractivity contribution < 1.29 is 0 Å². The van der Waals surface area contributed by atoms with Crippen molar-refractivity contribution >= 4 is 0 Å². The Balaban J connectivity index is 1.13. The summed E-state index contributed by atoms with van der Waals surface area (Å²) in [6, 6.07) is 0.784. The van der Waals surface area contributed by atoms with Gasteiger partial charge in [0.05, 0.1) is 0 Å². The van der Waals surface area contributed by atoms with Crippen LogP contribution in [0.3, 0.4) is 0 Å². The molecule has 4 fully saturated rings. The third-order valence-electron chi connectivity index (χ3n) is 15.4. The van der Waals surface area contributed by atoms with Crippen molar-refractivity contribution in [3.8, 4) is 0 Å². The molecule has 0 amide bonds. The Hall–Kier alpha value is -0.0400. The monoisotopic (exact) mass is 640 g/mol. The van der Waals surface area contributed by atoms with E-state index in [2.05, 4.69) is 46.9 Å². The second kappa shape index (κ2) is 20.0. The summed E-state index contributed by atoms with van der Waals surface area (Å²) >= 11 is 0. The molecule has 2 unspecified atom stereocenters. The molecule has 4 rings (SSSR count). The molecular formula is C45H85N. The molecule has 0 aromatic heterocycles. The van der Waals surface area contributed by atoms with E-state index in [4.69, 9.17) is 0 Å². The Morgan fingerprint density at radius 1 is 0.587 bits per heavy atom. The van der Waals surface area contributed by atoms with Crippen molar-refractivity contribution in [3.63, 3.8) is 0 Å². The number of hydrogen-bond acceptors (Lipinski definition) is 1. The average Bonchev–Trinajstić information content (AvgIpc) is 3.39. The van der Waals surface area contributed by atoms with Crippen LogP contribution in [0.25, 0.3) is 0 Å². The Bertz CT molecular complexity index is 803. The van der Waals surface area contributed by atoms with Crippen LogP contribution in [0.2, 0.25) is 0 Å². The first-order valence-corrected chi connectivity index (χ1v) is 22.1. The summed E-state index contributed by atoms with van der Waals surface area (Å²) in [5.41, 5.74) is 1.19. The SMILES string of the molecule is CCCCCCCCCCCCCCCCCCNC1CCCC2CC[C@@H]3[C@H](CC[C@]4(C)[C@@H]([C@H](C)CCCC(C)C)CC[C@@H]34)[C@]21C. The molecule has 1 heteroatoms. The van der Waals surface area contributed by atoms with Gasteiger partial charge < -0.3 is 5.32 Å². The predicted molar refractivity (Wildman–Crippen MR) is 204 cm³/mol. The second-order valence-corrected chi connectivity index (χ2v) is 18.8. The van der Waals surface area contributed by atoms with Crippen molar-refractivity contribution in [2.24, 2.45) is 52.3 Å². The zero-order chi connectivity index (χ0) is 32.8. The average molecular weight is 640 g/mol. The van der Waals surface area contributed by atoms with E-state index >= 15 is 0 Å². The molecule has 4 aliphatic carbocycles.